The van der Waals surface area contributed by atoms with Gasteiger partial charge in [0.1, 0.15) is 0 Å². The molecule has 2 fully saturated rings. The lowest BCUT2D eigenvalue weighted by atomic mass is 10.3. The van der Waals surface area contributed by atoms with Gasteiger partial charge in [-0.05, 0) is 45.4 Å². The van der Waals surface area contributed by atoms with E-state index in [1.165, 1.54) is 97.8 Å². The van der Waals surface area contributed by atoms with E-state index in [-0.39, 0.29) is 7.43 Å². The first-order valence-corrected chi connectivity index (χ1v) is 10.6. The van der Waals surface area contributed by atoms with Gasteiger partial charge in [-0.2, -0.15) is 0 Å². The summed E-state index contributed by atoms with van der Waals surface area (Å²) in [6.07, 6.45) is 3.90. The van der Waals surface area contributed by atoms with Crippen LogP contribution < -0.4 is 0 Å². The predicted molar refractivity (Wildman–Crippen MR) is 120 cm³/mol. The molecule has 2 rings (SSSR count). The van der Waals surface area contributed by atoms with Crippen LogP contribution in [0.2, 0.25) is 0 Å². The summed E-state index contributed by atoms with van der Waals surface area (Å²) in [6, 6.07) is 0. The third-order valence-corrected chi connectivity index (χ3v) is 5.00. The Balaban J connectivity index is 0. The minimum atomic E-state index is 0. The summed E-state index contributed by atoms with van der Waals surface area (Å²) >= 11 is 0. The monoisotopic (exact) mass is 370 g/mol. The molecule has 0 saturated carbocycles. The van der Waals surface area contributed by atoms with Crippen molar-refractivity contribution in [2.45, 2.75) is 54.4 Å². The molecular weight excluding hydrogens is 320 g/mol. The topological polar surface area (TPSA) is 13.0 Å². The van der Waals surface area contributed by atoms with E-state index in [0.717, 1.165) is 0 Å². The van der Waals surface area contributed by atoms with Crippen molar-refractivity contribution in [2.24, 2.45) is 0 Å². The Bertz CT molecular complexity index is 255. The van der Waals surface area contributed by atoms with E-state index in [1.807, 2.05) is 0 Å². The first-order chi connectivity index (χ1) is 12.2. The molecule has 0 aliphatic carbocycles. The van der Waals surface area contributed by atoms with Crippen molar-refractivity contribution in [3.05, 3.63) is 13.2 Å². The van der Waals surface area contributed by atoms with Gasteiger partial charge in [0.2, 0.25) is 0 Å². The highest BCUT2D eigenvalue weighted by molar-refractivity contribution is 4.71. The van der Waals surface area contributed by atoms with Gasteiger partial charge in [0.15, 0.2) is 0 Å². The minimum Gasteiger partial charge on any atom is -0.301 e. The molecule has 0 atom stereocenters. The van der Waals surface area contributed by atoms with Crippen LogP contribution in [0.25, 0.3) is 0 Å². The summed E-state index contributed by atoms with van der Waals surface area (Å²) in [6.45, 7) is 30.4. The SMILES string of the molecule is C.C=C.CCCN1CCN(CC)CC1.CCCN1CCN(CCC)CC1. The Hall–Kier alpha value is -0.420. The normalized spacial score (nSPS) is 19.5. The van der Waals surface area contributed by atoms with Crippen molar-refractivity contribution >= 4 is 0 Å². The molecular formula is C22H50N4. The number of rotatable bonds is 7. The Morgan fingerprint density at radius 1 is 0.500 bits per heavy atom. The van der Waals surface area contributed by atoms with E-state index >= 15 is 0 Å². The van der Waals surface area contributed by atoms with Gasteiger partial charge in [-0.1, -0.05) is 35.1 Å². The lowest BCUT2D eigenvalue weighted by Gasteiger charge is -2.34. The zero-order valence-electron chi connectivity index (χ0n) is 17.8. The fourth-order valence-electron chi connectivity index (χ4n) is 3.51. The van der Waals surface area contributed by atoms with E-state index < -0.39 is 0 Å². The number of hydrogen-bond acceptors (Lipinski definition) is 4. The molecule has 0 N–H and O–H groups in total. The van der Waals surface area contributed by atoms with Gasteiger partial charge in [0.25, 0.3) is 0 Å². The van der Waals surface area contributed by atoms with Crippen LogP contribution >= 0.6 is 0 Å². The van der Waals surface area contributed by atoms with Crippen LogP contribution in [0.15, 0.2) is 13.2 Å². The summed E-state index contributed by atoms with van der Waals surface area (Å²) in [5, 5.41) is 0. The maximum absolute atomic E-state index is 3.00. The van der Waals surface area contributed by atoms with Gasteiger partial charge in [0, 0.05) is 52.4 Å². The van der Waals surface area contributed by atoms with Crippen LogP contribution in [-0.4, -0.2) is 98.1 Å². The molecule has 26 heavy (non-hydrogen) atoms. The van der Waals surface area contributed by atoms with Crippen LogP contribution in [0, 0.1) is 0 Å². The van der Waals surface area contributed by atoms with Crippen LogP contribution in [0.1, 0.15) is 54.4 Å². The predicted octanol–water partition coefficient (Wildman–Crippen LogP) is 3.90. The zero-order chi connectivity index (χ0) is 18.9. The molecule has 0 aromatic carbocycles. The quantitative estimate of drug-likeness (QED) is 0.630. The molecule has 0 unspecified atom stereocenters. The number of piperazine rings is 2. The second-order valence-corrected chi connectivity index (χ2v) is 6.96. The van der Waals surface area contributed by atoms with Crippen molar-refractivity contribution in [3.8, 4) is 0 Å². The molecule has 0 bridgehead atoms. The van der Waals surface area contributed by atoms with Crippen LogP contribution in [0.4, 0.5) is 0 Å². The third kappa shape index (κ3) is 12.9. The molecule has 4 heteroatoms. The maximum Gasteiger partial charge on any atom is 0.0110 e. The highest BCUT2D eigenvalue weighted by Gasteiger charge is 2.14. The van der Waals surface area contributed by atoms with Crippen molar-refractivity contribution in [2.75, 3.05) is 78.5 Å². The van der Waals surface area contributed by atoms with Gasteiger partial charge < -0.3 is 19.6 Å². The second-order valence-electron chi connectivity index (χ2n) is 6.96. The van der Waals surface area contributed by atoms with Gasteiger partial charge in [-0.3, -0.25) is 0 Å². The minimum absolute atomic E-state index is 0. The third-order valence-electron chi connectivity index (χ3n) is 5.00. The van der Waals surface area contributed by atoms with E-state index in [4.69, 9.17) is 0 Å². The molecule has 158 valence electrons. The maximum atomic E-state index is 3.00. The van der Waals surface area contributed by atoms with E-state index in [1.54, 1.807) is 0 Å². The van der Waals surface area contributed by atoms with Gasteiger partial charge in [-0.15, -0.1) is 13.2 Å². The lowest BCUT2D eigenvalue weighted by Crippen LogP contribution is -2.46. The fraction of sp³-hybridized carbons (Fsp3) is 0.909. The lowest BCUT2D eigenvalue weighted by molar-refractivity contribution is 0.133. The summed E-state index contributed by atoms with van der Waals surface area (Å²) in [7, 11) is 0. The van der Waals surface area contributed by atoms with Crippen LogP contribution in [0.3, 0.4) is 0 Å². The Kier molecular flexibility index (Phi) is 20.7. The number of hydrogen-bond donors (Lipinski definition) is 0. The Morgan fingerprint density at radius 2 is 0.731 bits per heavy atom. The summed E-state index contributed by atoms with van der Waals surface area (Å²) in [5.74, 6) is 0. The molecule has 0 aromatic heterocycles. The number of likely N-dealkylation sites (N-methyl/N-ethyl adjacent to an activating group) is 1. The molecule has 2 saturated heterocycles. The molecule has 4 nitrogen and oxygen atoms in total. The van der Waals surface area contributed by atoms with Crippen molar-refractivity contribution in [1.29, 1.82) is 0 Å². The van der Waals surface area contributed by atoms with Gasteiger partial charge in [-0.25, -0.2) is 0 Å². The van der Waals surface area contributed by atoms with Crippen molar-refractivity contribution in [3.63, 3.8) is 0 Å². The van der Waals surface area contributed by atoms with Crippen molar-refractivity contribution < 1.29 is 0 Å². The summed E-state index contributed by atoms with van der Waals surface area (Å²) < 4.78 is 0. The average Bonchev–Trinajstić information content (AvgIpc) is 2.67. The standard InChI is InChI=1S/C10H22N2.C9H20N2.C2H4.CH4/c1-3-5-11-7-9-12(6-4-2)10-8-11;1-3-5-11-8-6-10(4-2)7-9-11;1-2;/h3-10H2,1-2H3;3-9H2,1-2H3;1-2H2;1H4. The first-order valence-electron chi connectivity index (χ1n) is 10.6. The van der Waals surface area contributed by atoms with Gasteiger partial charge >= 0.3 is 0 Å². The zero-order valence-corrected chi connectivity index (χ0v) is 17.8. The van der Waals surface area contributed by atoms with Gasteiger partial charge in [0.05, 0.1) is 0 Å². The molecule has 2 aliphatic heterocycles. The van der Waals surface area contributed by atoms with Crippen LogP contribution in [0.5, 0.6) is 0 Å². The molecule has 2 heterocycles. The largest absolute Gasteiger partial charge is 0.301 e. The first kappa shape index (κ1) is 27.8. The highest BCUT2D eigenvalue weighted by Crippen LogP contribution is 2.02. The Morgan fingerprint density at radius 3 is 0.923 bits per heavy atom. The van der Waals surface area contributed by atoms with Crippen molar-refractivity contribution in [1.82, 2.24) is 19.6 Å². The van der Waals surface area contributed by atoms with E-state index in [2.05, 4.69) is 60.5 Å². The highest BCUT2D eigenvalue weighted by atomic mass is 15.3. The molecule has 0 amide bonds. The average molecular weight is 371 g/mol. The summed E-state index contributed by atoms with van der Waals surface area (Å²) in [4.78, 5) is 10.2. The van der Waals surface area contributed by atoms with E-state index in [0.29, 0.717) is 0 Å². The molecule has 0 spiro atoms. The van der Waals surface area contributed by atoms with E-state index in [9.17, 15) is 0 Å². The fourth-order valence-corrected chi connectivity index (χ4v) is 3.51. The smallest absolute Gasteiger partial charge is 0.0110 e. The second kappa shape index (κ2) is 19.3. The number of nitrogens with zero attached hydrogens (tertiary/aromatic N) is 4. The summed E-state index contributed by atoms with van der Waals surface area (Å²) in [5.41, 5.74) is 0. The molecule has 2 aliphatic rings. The molecule has 0 aromatic rings. The van der Waals surface area contributed by atoms with Crippen LogP contribution in [-0.2, 0) is 0 Å². The Labute approximate surface area is 166 Å². The molecule has 0 radical (unpaired) electrons.